The van der Waals surface area contributed by atoms with Gasteiger partial charge in [-0.05, 0) is 0 Å². The Labute approximate surface area is 102 Å². The SMILES string of the molecule is CCC[CH2][GeH2][O]CC[O][GeH2][CH2]CCC. The van der Waals surface area contributed by atoms with Gasteiger partial charge in [0.25, 0.3) is 0 Å². The molecule has 0 saturated carbocycles. The average molecular weight is 324 g/mol. The molecule has 0 unspecified atom stereocenters. The third kappa shape index (κ3) is 13.0. The van der Waals surface area contributed by atoms with E-state index in [0.29, 0.717) is 0 Å². The van der Waals surface area contributed by atoms with E-state index >= 15 is 0 Å². The van der Waals surface area contributed by atoms with Crippen molar-refractivity contribution in [1.82, 2.24) is 0 Å². The van der Waals surface area contributed by atoms with Gasteiger partial charge in [0.05, 0.1) is 0 Å². The van der Waals surface area contributed by atoms with Gasteiger partial charge in [-0.25, -0.2) is 0 Å². The van der Waals surface area contributed by atoms with E-state index < -0.39 is 31.5 Å². The van der Waals surface area contributed by atoms with E-state index in [1.165, 1.54) is 36.2 Å². The molecule has 14 heavy (non-hydrogen) atoms. The predicted octanol–water partition coefficient (Wildman–Crippen LogP) is 1.62. The van der Waals surface area contributed by atoms with Crippen LogP contribution in [0.15, 0.2) is 0 Å². The molecule has 0 N–H and O–H groups in total. The van der Waals surface area contributed by atoms with Crippen molar-refractivity contribution in [2.75, 3.05) is 13.2 Å². The van der Waals surface area contributed by atoms with Crippen LogP contribution in [0.2, 0.25) is 10.5 Å². The fourth-order valence-corrected chi connectivity index (χ4v) is 6.39. The Morgan fingerprint density at radius 3 is 1.57 bits per heavy atom. The van der Waals surface area contributed by atoms with Crippen LogP contribution in [0.1, 0.15) is 39.5 Å². The number of unbranched alkanes of at least 4 members (excludes halogenated alkanes) is 2. The van der Waals surface area contributed by atoms with Crippen molar-refractivity contribution in [1.29, 1.82) is 0 Å². The van der Waals surface area contributed by atoms with E-state index in [1.807, 2.05) is 0 Å². The zero-order valence-electron chi connectivity index (χ0n) is 9.89. The minimum atomic E-state index is -0.594. The van der Waals surface area contributed by atoms with Gasteiger partial charge in [0.2, 0.25) is 0 Å². The maximum absolute atomic E-state index is 5.63. The minimum absolute atomic E-state index is 0.594. The van der Waals surface area contributed by atoms with Gasteiger partial charge in [-0.3, -0.25) is 0 Å². The van der Waals surface area contributed by atoms with Gasteiger partial charge in [-0.15, -0.1) is 0 Å². The molecule has 0 fully saturated rings. The van der Waals surface area contributed by atoms with Crippen LogP contribution in [-0.2, 0) is 7.53 Å². The van der Waals surface area contributed by atoms with E-state index in [-0.39, 0.29) is 0 Å². The summed E-state index contributed by atoms with van der Waals surface area (Å²) in [7, 11) is 0. The first-order valence-corrected chi connectivity index (χ1v) is 12.7. The molecular formula is C10H26Ge2O2. The van der Waals surface area contributed by atoms with Gasteiger partial charge >= 0.3 is 102 Å². The Kier molecular flexibility index (Phi) is 15.0. The van der Waals surface area contributed by atoms with Crippen LogP contribution in [0, 0.1) is 0 Å². The second kappa shape index (κ2) is 14.0. The van der Waals surface area contributed by atoms with E-state index in [1.54, 1.807) is 0 Å². The van der Waals surface area contributed by atoms with Crippen LogP contribution < -0.4 is 0 Å². The third-order valence-electron chi connectivity index (χ3n) is 2.16. The molecule has 0 aromatic rings. The van der Waals surface area contributed by atoms with Crippen molar-refractivity contribution in [2.45, 2.75) is 50.0 Å². The molecule has 0 aromatic carbocycles. The number of hydrogen-bond acceptors (Lipinski definition) is 2. The second-order valence-electron chi connectivity index (χ2n) is 3.64. The molecule has 0 amide bonds. The number of hydrogen-bond donors (Lipinski definition) is 0. The van der Waals surface area contributed by atoms with Crippen LogP contribution in [0.3, 0.4) is 0 Å². The molecule has 0 aliphatic heterocycles. The topological polar surface area (TPSA) is 18.5 Å². The fraction of sp³-hybridized carbons (Fsp3) is 1.00. The van der Waals surface area contributed by atoms with Gasteiger partial charge in [0.1, 0.15) is 0 Å². The fourth-order valence-electron chi connectivity index (χ4n) is 1.23. The van der Waals surface area contributed by atoms with Gasteiger partial charge < -0.3 is 0 Å². The Bertz CT molecular complexity index is 90.1. The average Bonchev–Trinajstić information content (AvgIpc) is 2.21. The van der Waals surface area contributed by atoms with E-state index in [2.05, 4.69) is 13.8 Å². The quantitative estimate of drug-likeness (QED) is 0.425. The molecule has 0 aliphatic rings. The molecule has 0 saturated heterocycles. The zero-order valence-corrected chi connectivity index (χ0v) is 15.8. The summed E-state index contributed by atoms with van der Waals surface area (Å²) in [5, 5.41) is 2.78. The first-order chi connectivity index (χ1) is 6.91. The summed E-state index contributed by atoms with van der Waals surface area (Å²) in [6, 6.07) is 0. The Morgan fingerprint density at radius 2 is 1.21 bits per heavy atom. The van der Waals surface area contributed by atoms with Gasteiger partial charge in [0, 0.05) is 0 Å². The first kappa shape index (κ1) is 15.0. The summed E-state index contributed by atoms with van der Waals surface area (Å²) in [5.41, 5.74) is 0. The Hall–Kier alpha value is 1.01. The van der Waals surface area contributed by atoms with Crippen molar-refractivity contribution in [3.8, 4) is 0 Å². The van der Waals surface area contributed by atoms with E-state index in [9.17, 15) is 0 Å². The maximum atomic E-state index is 5.63. The van der Waals surface area contributed by atoms with Crippen LogP contribution in [0.5, 0.6) is 0 Å². The summed E-state index contributed by atoms with van der Waals surface area (Å²) in [4.78, 5) is 0. The molecule has 0 radical (unpaired) electrons. The monoisotopic (exact) mass is 326 g/mol. The Balaban J connectivity index is 2.78. The van der Waals surface area contributed by atoms with Crippen LogP contribution in [-0.4, -0.2) is 44.7 Å². The molecule has 4 heteroatoms. The van der Waals surface area contributed by atoms with Crippen molar-refractivity contribution in [3.05, 3.63) is 0 Å². The molecule has 0 aromatic heterocycles. The summed E-state index contributed by atoms with van der Waals surface area (Å²) in [6.45, 7) is 6.27. The summed E-state index contributed by atoms with van der Waals surface area (Å²) in [6.07, 6.45) is 5.37. The van der Waals surface area contributed by atoms with Crippen molar-refractivity contribution < 1.29 is 7.53 Å². The summed E-state index contributed by atoms with van der Waals surface area (Å²) in [5.74, 6) is 0. The molecule has 86 valence electrons. The first-order valence-electron chi connectivity index (χ1n) is 6.07. The van der Waals surface area contributed by atoms with Gasteiger partial charge in [-0.2, -0.15) is 0 Å². The number of rotatable bonds is 11. The second-order valence-corrected chi connectivity index (χ2v) is 10.0. The van der Waals surface area contributed by atoms with Crippen molar-refractivity contribution in [3.63, 3.8) is 0 Å². The van der Waals surface area contributed by atoms with Crippen LogP contribution >= 0.6 is 0 Å². The predicted molar refractivity (Wildman–Crippen MR) is 68.4 cm³/mol. The van der Waals surface area contributed by atoms with Crippen LogP contribution in [0.4, 0.5) is 0 Å². The summed E-state index contributed by atoms with van der Waals surface area (Å²) >= 11 is -1.19. The molecule has 0 atom stereocenters. The molecular weight excluding hydrogens is 297 g/mol. The third-order valence-corrected chi connectivity index (χ3v) is 7.89. The molecule has 0 heterocycles. The van der Waals surface area contributed by atoms with Gasteiger partial charge in [-0.1, -0.05) is 0 Å². The molecule has 0 bridgehead atoms. The van der Waals surface area contributed by atoms with E-state index in [0.717, 1.165) is 13.2 Å². The zero-order chi connectivity index (χ0) is 10.5. The van der Waals surface area contributed by atoms with Gasteiger partial charge in [0.15, 0.2) is 0 Å². The molecule has 0 spiro atoms. The Morgan fingerprint density at radius 1 is 0.786 bits per heavy atom. The summed E-state index contributed by atoms with van der Waals surface area (Å²) < 4.78 is 11.3. The normalized spacial score (nSPS) is 12.4. The standard InChI is InChI=1S/C10H26Ge2O2/c1-3-5-7-11-13-9-10-14-12-8-6-4-2/h3-12H2,1-2H3. The molecule has 0 aliphatic carbocycles. The van der Waals surface area contributed by atoms with Crippen LogP contribution in [0.25, 0.3) is 0 Å². The van der Waals surface area contributed by atoms with Crippen molar-refractivity contribution >= 4 is 31.5 Å². The van der Waals surface area contributed by atoms with Crippen molar-refractivity contribution in [2.24, 2.45) is 0 Å². The van der Waals surface area contributed by atoms with E-state index in [4.69, 9.17) is 7.53 Å². The molecule has 2 nitrogen and oxygen atoms in total. The molecule has 0 rings (SSSR count).